The first-order valence-corrected chi connectivity index (χ1v) is 12.3. The summed E-state index contributed by atoms with van der Waals surface area (Å²) in [4.78, 5) is 0. The Bertz CT molecular complexity index is 1010. The smallest absolute Gasteiger partial charge is 0.119 e. The van der Waals surface area contributed by atoms with Gasteiger partial charge in [0, 0.05) is 0 Å². The minimum atomic E-state index is 0.646. The lowest BCUT2D eigenvalue weighted by atomic mass is 9.79. The molecule has 1 aliphatic carbocycles. The van der Waals surface area contributed by atoms with Crippen LogP contribution in [0.5, 0.6) is 5.75 Å². The number of rotatable bonds is 9. The Labute approximate surface area is 194 Å². The summed E-state index contributed by atoms with van der Waals surface area (Å²) in [6, 6.07) is 25.0. The van der Waals surface area contributed by atoms with Gasteiger partial charge in [-0.3, -0.25) is 0 Å². The monoisotopic (exact) mass is 424 g/mol. The Hall–Kier alpha value is -2.80. The zero-order valence-electron chi connectivity index (χ0n) is 19.6. The van der Waals surface area contributed by atoms with E-state index in [0.717, 1.165) is 31.6 Å². The summed E-state index contributed by atoms with van der Waals surface area (Å²) in [6.07, 6.45) is 12.5. The van der Waals surface area contributed by atoms with Crippen molar-refractivity contribution in [3.63, 3.8) is 0 Å². The van der Waals surface area contributed by atoms with Crippen molar-refractivity contribution in [1.82, 2.24) is 0 Å². The van der Waals surface area contributed by atoms with Crippen molar-refractivity contribution in [3.05, 3.63) is 101 Å². The lowest BCUT2D eigenvalue weighted by molar-refractivity contribution is 0.325. The first-order chi connectivity index (χ1) is 15.8. The van der Waals surface area contributed by atoms with Crippen LogP contribution in [0, 0.1) is 0 Å². The van der Waals surface area contributed by atoms with Crippen molar-refractivity contribution in [2.45, 2.75) is 64.7 Å². The highest BCUT2D eigenvalue weighted by molar-refractivity contribution is 5.66. The average molecular weight is 425 g/mol. The number of allylic oxidation sites excluding steroid dienone is 1. The molecule has 3 aromatic rings. The molecule has 0 amide bonds. The Morgan fingerprint density at radius 2 is 1.69 bits per heavy atom. The second-order valence-electron chi connectivity index (χ2n) is 9.00. The molecule has 0 radical (unpaired) electrons. The molecular formula is C31H36O. The normalized spacial score (nSPS) is 15.6. The number of benzene rings is 3. The lowest BCUT2D eigenvalue weighted by Crippen LogP contribution is -2.13. The zero-order valence-corrected chi connectivity index (χ0v) is 19.6. The van der Waals surface area contributed by atoms with Crippen LogP contribution in [0.25, 0.3) is 11.1 Å². The third-order valence-electron chi connectivity index (χ3n) is 6.68. The molecule has 3 aromatic carbocycles. The fraction of sp³-hybridized carbons (Fsp3) is 0.355. The fourth-order valence-electron chi connectivity index (χ4n) is 4.71. The molecule has 166 valence electrons. The predicted molar refractivity (Wildman–Crippen MR) is 137 cm³/mol. The van der Waals surface area contributed by atoms with Gasteiger partial charge in [0.2, 0.25) is 0 Å². The van der Waals surface area contributed by atoms with Gasteiger partial charge in [0.1, 0.15) is 5.75 Å². The molecule has 0 saturated carbocycles. The Morgan fingerprint density at radius 3 is 2.44 bits per heavy atom. The SMILES string of the molecule is C/C=C/CCOc1ccc(-c2ccc3c(c2)CCC(c2ccc(CCCC)cc2)C3)cc1. The van der Waals surface area contributed by atoms with Crippen molar-refractivity contribution < 1.29 is 4.74 Å². The van der Waals surface area contributed by atoms with E-state index in [0.29, 0.717) is 5.92 Å². The summed E-state index contributed by atoms with van der Waals surface area (Å²) in [5, 5.41) is 0. The molecule has 0 spiro atoms. The summed E-state index contributed by atoms with van der Waals surface area (Å²) >= 11 is 0. The van der Waals surface area contributed by atoms with Crippen LogP contribution in [0.3, 0.4) is 0 Å². The highest BCUT2D eigenvalue weighted by atomic mass is 16.5. The van der Waals surface area contributed by atoms with Crippen molar-refractivity contribution >= 4 is 0 Å². The maximum atomic E-state index is 5.82. The maximum Gasteiger partial charge on any atom is 0.119 e. The van der Waals surface area contributed by atoms with Crippen LogP contribution in [0.4, 0.5) is 0 Å². The molecule has 0 aliphatic heterocycles. The van der Waals surface area contributed by atoms with E-state index in [1.165, 1.54) is 59.1 Å². The predicted octanol–water partition coefficient (Wildman–Crippen LogP) is 8.31. The zero-order chi connectivity index (χ0) is 22.2. The summed E-state index contributed by atoms with van der Waals surface area (Å²) in [6.45, 7) is 5.03. The van der Waals surface area contributed by atoms with Crippen LogP contribution in [-0.2, 0) is 19.3 Å². The van der Waals surface area contributed by atoms with E-state index in [4.69, 9.17) is 4.74 Å². The van der Waals surface area contributed by atoms with Gasteiger partial charge >= 0.3 is 0 Å². The van der Waals surface area contributed by atoms with Gasteiger partial charge in [-0.05, 0) is 96.9 Å². The second-order valence-corrected chi connectivity index (χ2v) is 9.00. The number of hydrogen-bond acceptors (Lipinski definition) is 1. The van der Waals surface area contributed by atoms with Crippen molar-refractivity contribution in [1.29, 1.82) is 0 Å². The van der Waals surface area contributed by atoms with Crippen molar-refractivity contribution in [2.75, 3.05) is 6.61 Å². The van der Waals surface area contributed by atoms with Crippen LogP contribution >= 0.6 is 0 Å². The first-order valence-electron chi connectivity index (χ1n) is 12.3. The molecule has 4 rings (SSSR count). The molecule has 1 unspecified atom stereocenters. The van der Waals surface area contributed by atoms with Crippen LogP contribution in [0.2, 0.25) is 0 Å². The molecule has 0 aromatic heterocycles. The van der Waals surface area contributed by atoms with E-state index in [2.05, 4.69) is 85.8 Å². The Morgan fingerprint density at radius 1 is 0.906 bits per heavy atom. The molecule has 0 heterocycles. The van der Waals surface area contributed by atoms with Crippen LogP contribution < -0.4 is 4.74 Å². The maximum absolute atomic E-state index is 5.82. The summed E-state index contributed by atoms with van der Waals surface area (Å²) in [7, 11) is 0. The highest BCUT2D eigenvalue weighted by Crippen LogP contribution is 2.35. The Kier molecular flexibility index (Phi) is 7.82. The molecule has 0 N–H and O–H groups in total. The molecule has 0 bridgehead atoms. The molecule has 1 atom stereocenters. The van der Waals surface area contributed by atoms with Crippen molar-refractivity contribution in [3.8, 4) is 16.9 Å². The first kappa shape index (κ1) is 22.4. The number of aryl methyl sites for hydroxylation is 2. The highest BCUT2D eigenvalue weighted by Gasteiger charge is 2.20. The fourth-order valence-corrected chi connectivity index (χ4v) is 4.71. The molecule has 1 heteroatoms. The van der Waals surface area contributed by atoms with Gasteiger partial charge in [0.25, 0.3) is 0 Å². The minimum absolute atomic E-state index is 0.646. The van der Waals surface area contributed by atoms with Gasteiger partial charge in [-0.2, -0.15) is 0 Å². The minimum Gasteiger partial charge on any atom is -0.493 e. The van der Waals surface area contributed by atoms with Gasteiger partial charge in [-0.1, -0.05) is 80.1 Å². The summed E-state index contributed by atoms with van der Waals surface area (Å²) in [5.74, 6) is 1.59. The van der Waals surface area contributed by atoms with Crippen LogP contribution in [0.1, 0.15) is 67.7 Å². The average Bonchev–Trinajstić information content (AvgIpc) is 2.85. The van der Waals surface area contributed by atoms with Gasteiger partial charge in [0.05, 0.1) is 6.61 Å². The summed E-state index contributed by atoms with van der Waals surface area (Å²) in [5.41, 5.74) is 8.59. The third-order valence-corrected chi connectivity index (χ3v) is 6.68. The van der Waals surface area contributed by atoms with E-state index in [1.807, 2.05) is 6.92 Å². The van der Waals surface area contributed by atoms with Gasteiger partial charge in [-0.25, -0.2) is 0 Å². The second kappa shape index (κ2) is 11.2. The molecule has 0 fully saturated rings. The van der Waals surface area contributed by atoms with E-state index < -0.39 is 0 Å². The molecule has 1 nitrogen and oxygen atoms in total. The molecule has 32 heavy (non-hydrogen) atoms. The third kappa shape index (κ3) is 5.71. The quantitative estimate of drug-likeness (QED) is 0.248. The molecular weight excluding hydrogens is 388 g/mol. The standard InChI is InChI=1S/C31H36O/c1-3-5-7-21-32-31-19-17-26(18-20-31)28-14-16-29-22-27(13-15-30(29)23-28)25-11-9-24(10-12-25)8-6-4-2/h3,5,9-12,14,16-20,23,27H,4,6-8,13,15,21-22H2,1-2H3/b5-3+. The number of ether oxygens (including phenoxy) is 1. The Balaban J connectivity index is 1.40. The van der Waals surface area contributed by atoms with Gasteiger partial charge < -0.3 is 4.74 Å². The topological polar surface area (TPSA) is 9.23 Å². The number of unbranched alkanes of at least 4 members (excludes halogenated alkanes) is 1. The van der Waals surface area contributed by atoms with Gasteiger partial charge in [0.15, 0.2) is 0 Å². The van der Waals surface area contributed by atoms with Crippen LogP contribution in [0.15, 0.2) is 78.9 Å². The lowest BCUT2D eigenvalue weighted by Gasteiger charge is -2.26. The van der Waals surface area contributed by atoms with E-state index in [1.54, 1.807) is 0 Å². The van der Waals surface area contributed by atoms with Gasteiger partial charge in [-0.15, -0.1) is 0 Å². The largest absolute Gasteiger partial charge is 0.493 e. The van der Waals surface area contributed by atoms with E-state index in [-0.39, 0.29) is 0 Å². The summed E-state index contributed by atoms with van der Waals surface area (Å²) < 4.78 is 5.82. The van der Waals surface area contributed by atoms with E-state index >= 15 is 0 Å². The van der Waals surface area contributed by atoms with E-state index in [9.17, 15) is 0 Å². The van der Waals surface area contributed by atoms with Crippen LogP contribution in [-0.4, -0.2) is 6.61 Å². The number of fused-ring (bicyclic) bond motifs is 1. The molecule has 1 aliphatic rings. The number of hydrogen-bond donors (Lipinski definition) is 0. The van der Waals surface area contributed by atoms with Crippen molar-refractivity contribution in [2.24, 2.45) is 0 Å². The molecule has 0 saturated heterocycles.